The number of benzene rings is 11. The van der Waals surface area contributed by atoms with Crippen molar-refractivity contribution < 1.29 is 84.1 Å². The van der Waals surface area contributed by atoms with Gasteiger partial charge < -0.3 is 79.9 Å². The Labute approximate surface area is 742 Å². The van der Waals surface area contributed by atoms with E-state index in [-0.39, 0.29) is 54.7 Å². The molecule has 11 aromatic carbocycles. The number of H-pyrrole nitrogens is 2. The number of carbonyl (C=O) groups is 7. The molecule has 0 unspecified atom stereocenters. The quantitative estimate of drug-likeness (QED) is 0.0304. The lowest BCUT2D eigenvalue weighted by atomic mass is 9.92. The number of methoxy groups -OCH3 is 2. The van der Waals surface area contributed by atoms with Crippen molar-refractivity contribution in [2.75, 3.05) is 62.1 Å². The Kier molecular flexibility index (Phi) is 23.3. The number of aromatic amines is 2. The average molecular weight is 1710 g/mol. The summed E-state index contributed by atoms with van der Waals surface area (Å²) < 4.78 is 38.3. The highest BCUT2D eigenvalue weighted by Gasteiger charge is 2.55. The lowest BCUT2D eigenvalue weighted by Crippen LogP contribution is -2.28. The van der Waals surface area contributed by atoms with Crippen LogP contribution in [0.5, 0.6) is 40.2 Å². The largest absolute Gasteiger partial charge is 0.497 e. The summed E-state index contributed by atoms with van der Waals surface area (Å²) in [5.41, 5.74) is 20.5. The summed E-state index contributed by atoms with van der Waals surface area (Å²) in [5, 5.41) is 34.9. The Morgan fingerprint density at radius 3 is 1.37 bits per heavy atom. The summed E-state index contributed by atoms with van der Waals surface area (Å²) in [6.07, 6.45) is 9.39. The summed E-state index contributed by atoms with van der Waals surface area (Å²) in [4.78, 5) is 92.8. The van der Waals surface area contributed by atoms with Crippen LogP contribution in [0.3, 0.4) is 0 Å². The van der Waals surface area contributed by atoms with Crippen LogP contribution in [0.15, 0.2) is 237 Å². The van der Waals surface area contributed by atoms with E-state index in [4.69, 9.17) is 38.3 Å². The molecule has 13 aromatic rings. The molecule has 0 atom stereocenters. The molecule has 7 aliphatic rings. The van der Waals surface area contributed by atoms with Crippen LogP contribution in [0, 0.1) is 27.7 Å². The van der Waals surface area contributed by atoms with Crippen LogP contribution in [0.1, 0.15) is 142 Å². The van der Waals surface area contributed by atoms with Gasteiger partial charge in [-0.05, 0) is 307 Å². The zero-order chi connectivity index (χ0) is 88.5. The second kappa shape index (κ2) is 35.0. The second-order valence-corrected chi connectivity index (χ2v) is 33.5. The van der Waals surface area contributed by atoms with Crippen molar-refractivity contribution in [3.63, 3.8) is 0 Å². The van der Waals surface area contributed by atoms with Crippen LogP contribution in [-0.4, -0.2) is 102 Å². The monoisotopic (exact) mass is 1710 g/mol. The molecule has 4 aliphatic carbocycles. The van der Waals surface area contributed by atoms with Gasteiger partial charge in [-0.2, -0.15) is 0 Å². The second-order valence-electron chi connectivity index (χ2n) is 33.5. The van der Waals surface area contributed by atoms with Gasteiger partial charge >= 0.3 is 11.9 Å². The number of aryl methyl sites for hydroxylation is 4. The molecule has 23 nitrogen and oxygen atoms in total. The number of amides is 5. The van der Waals surface area contributed by atoms with E-state index in [1.807, 2.05) is 178 Å². The number of aromatic nitrogens is 2. The third kappa shape index (κ3) is 17.7. The van der Waals surface area contributed by atoms with Crippen molar-refractivity contribution in [3.8, 4) is 84.9 Å². The van der Waals surface area contributed by atoms with Gasteiger partial charge in [0.2, 0.25) is 36.3 Å². The van der Waals surface area contributed by atoms with Gasteiger partial charge in [0.1, 0.15) is 41.7 Å². The number of hydrogen-bond donors (Lipinski definition) is 9. The number of fused-ring (bicyclic) bond motifs is 4. The first-order valence-corrected chi connectivity index (χ1v) is 42.6. The molecule has 23 heteroatoms. The Morgan fingerprint density at radius 2 is 0.858 bits per heavy atom. The number of anilines is 4. The maximum absolute atomic E-state index is 13.4. The summed E-state index contributed by atoms with van der Waals surface area (Å²) >= 11 is 0. The van der Waals surface area contributed by atoms with Crippen LogP contribution in [-0.2, 0) is 58.6 Å². The highest BCUT2D eigenvalue weighted by atomic mass is 16.7. The SMILES string of the molecule is COc1cc(-c2cc(NC(=O)C3(c4ccc5c(c4)CCO5)CC3)ccc2C)ccc1C(=O)O.COc1ccc(C2(C(=O)Nc3ccc(C)c(-c4ccc(CNC(C)=O)cc4)c3)CC2)cc1.Cc1ccc(NC(=O)C2(c3ccc4c(c3)OCCO4)CC2)cc1-c1ccc2[nH]ccc2c1.Cc1ccc(NC(=O)C2(c3ccc4c(c3)OCO4)CC2)cc1-c1ccc(C(=O)O)[nH]1.[HH].[HH].[HH].[HH].[HH]. The first kappa shape index (κ1) is 84.3. The lowest BCUT2D eigenvalue weighted by Gasteiger charge is -2.22. The molecule has 4 fully saturated rings. The molecular formula is C104H107N7O16. The predicted molar refractivity (Wildman–Crippen MR) is 498 cm³/mol. The van der Waals surface area contributed by atoms with E-state index >= 15 is 0 Å². The first-order valence-electron chi connectivity index (χ1n) is 42.6. The fourth-order valence-electron chi connectivity index (χ4n) is 17.0. The molecule has 0 saturated heterocycles. The van der Waals surface area contributed by atoms with E-state index in [1.165, 1.54) is 42.7 Å². The molecule has 5 amide bonds. The van der Waals surface area contributed by atoms with E-state index in [0.29, 0.717) is 60.7 Å². The van der Waals surface area contributed by atoms with Crippen molar-refractivity contribution >= 4 is 75.1 Å². The fraction of sp³-hybridized carbons (Fsp3) is 0.240. The number of nitrogens with one attached hydrogen (secondary N) is 7. The molecule has 0 radical (unpaired) electrons. The van der Waals surface area contributed by atoms with Gasteiger partial charge in [0.15, 0.2) is 23.0 Å². The zero-order valence-corrected chi connectivity index (χ0v) is 71.5. The Morgan fingerprint density at radius 1 is 0.409 bits per heavy atom. The molecule has 4 saturated carbocycles. The molecular weight excluding hydrogens is 1600 g/mol. The maximum atomic E-state index is 13.4. The van der Waals surface area contributed by atoms with E-state index in [9.17, 15) is 38.7 Å². The highest BCUT2D eigenvalue weighted by molar-refractivity contribution is 6.05. The van der Waals surface area contributed by atoms with Crippen LogP contribution in [0.25, 0.3) is 55.5 Å². The number of hydrogen-bond acceptors (Lipinski definition) is 14. The normalized spacial score (nSPS) is 15.2. The van der Waals surface area contributed by atoms with Crippen LogP contribution in [0.4, 0.5) is 22.7 Å². The minimum absolute atomic E-state index is 0. The summed E-state index contributed by atoms with van der Waals surface area (Å²) in [7, 11) is 3.09. The first-order chi connectivity index (χ1) is 61.4. The van der Waals surface area contributed by atoms with Gasteiger partial charge in [0.05, 0.1) is 42.5 Å². The van der Waals surface area contributed by atoms with Crippen molar-refractivity contribution in [1.29, 1.82) is 0 Å². The molecule has 0 spiro atoms. The zero-order valence-electron chi connectivity index (χ0n) is 71.5. The maximum Gasteiger partial charge on any atom is 0.352 e. The van der Waals surface area contributed by atoms with Crippen LogP contribution in [0.2, 0.25) is 0 Å². The minimum atomic E-state index is -1.04. The van der Waals surface area contributed by atoms with Crippen LogP contribution >= 0.6 is 0 Å². The molecule has 2 aromatic heterocycles. The topological polar surface area (TPSA) is 316 Å². The van der Waals surface area contributed by atoms with Gasteiger partial charge in [-0.1, -0.05) is 97.1 Å². The third-order valence-corrected chi connectivity index (χ3v) is 25.2. The van der Waals surface area contributed by atoms with E-state index in [0.717, 1.165) is 181 Å². The number of carboxylic acid groups (broad SMARTS) is 2. The summed E-state index contributed by atoms with van der Waals surface area (Å²) in [5.74, 6) is 2.75. The van der Waals surface area contributed by atoms with E-state index < -0.39 is 33.6 Å². The number of rotatable bonds is 22. The Balaban J connectivity index is 0.000000157. The Hall–Kier alpha value is -14.9. The predicted octanol–water partition coefficient (Wildman–Crippen LogP) is 20.9. The third-order valence-electron chi connectivity index (χ3n) is 25.2. The summed E-state index contributed by atoms with van der Waals surface area (Å²) in [6, 6.07) is 73.8. The average Bonchev–Trinajstić information content (AvgIpc) is 1.60. The van der Waals surface area contributed by atoms with Crippen LogP contribution < -0.4 is 59.7 Å². The van der Waals surface area contributed by atoms with Crippen molar-refractivity contribution in [2.24, 2.45) is 0 Å². The molecule has 5 heterocycles. The molecule has 3 aliphatic heterocycles. The van der Waals surface area contributed by atoms with E-state index in [2.05, 4.69) is 92.9 Å². The van der Waals surface area contributed by atoms with Gasteiger partial charge in [-0.3, -0.25) is 24.0 Å². The van der Waals surface area contributed by atoms with Crippen molar-refractivity contribution in [2.45, 2.75) is 121 Å². The van der Waals surface area contributed by atoms with Crippen molar-refractivity contribution in [1.82, 2.24) is 15.3 Å². The fourth-order valence-corrected chi connectivity index (χ4v) is 17.0. The Bertz CT molecular complexity index is 6520. The molecule has 0 bridgehead atoms. The van der Waals surface area contributed by atoms with Gasteiger partial charge in [-0.15, -0.1) is 0 Å². The lowest BCUT2D eigenvalue weighted by molar-refractivity contribution is -0.119. The smallest absolute Gasteiger partial charge is 0.352 e. The van der Waals surface area contributed by atoms with Crippen molar-refractivity contribution in [3.05, 3.63) is 304 Å². The number of carboxylic acids is 2. The minimum Gasteiger partial charge on any atom is -0.497 e. The number of ether oxygens (including phenoxy) is 7. The number of aromatic carboxylic acids is 2. The molecule has 127 heavy (non-hydrogen) atoms. The molecule has 654 valence electrons. The molecule has 9 N–H and O–H groups in total. The van der Waals surface area contributed by atoms with Gasteiger partial charge in [-0.25, -0.2) is 9.59 Å². The summed E-state index contributed by atoms with van der Waals surface area (Å²) in [6.45, 7) is 12.1. The van der Waals surface area contributed by atoms with Gasteiger partial charge in [0.25, 0.3) is 0 Å². The van der Waals surface area contributed by atoms with E-state index in [1.54, 1.807) is 25.3 Å². The standard InChI is InChI=1S/C27H24N2O3.C27H28N2O3.C27H25NO5.C23H20N2O5.5H2/c1-17-2-5-21(16-22(17)18-3-6-23-19(14-18)8-11-28-23)29-26(30)27(9-10-27)20-4-7-24-25(15-20)32-13-12-31-24;1-18-4-11-23(16-25(18)21-7-5-20(6-8-21)17-28-19(2)30)29-26(31)27(14-15-27)22-9-12-24(32-3)13-10-22;1-16-3-6-20(15-22(16)17-4-7-21(25(29)30)24(14-17)32-2)28-26(31)27(10-11-27)19-5-8-23-18(13-19)9-12-33-23;1-13-2-4-15(11-16(13)17-5-6-18(25-17)21(26)27)24-22(28)23(8-9-23)14-3-7-19-20(10-14)30-12-29-19;;;;;/h2-8,11,14-16,28H,9-10,12-13H2,1H3,(H,29,30);4-13,16H,14-15,17H2,1-3H3,(H,28,30)(H,29,31);3-8,13-15H,9-12H2,1-2H3,(H,28,31)(H,29,30);2-7,10-11,25H,8-9,12H2,1H3,(H,24,28)(H,26,27);5*1H. The highest BCUT2D eigenvalue weighted by Crippen LogP contribution is 2.55. The van der Waals surface area contributed by atoms with Gasteiger partial charge in [0, 0.05) is 72.7 Å². The molecule has 20 rings (SSSR count). The number of carbonyl (C=O) groups excluding carboxylic acids is 5.